The third-order valence-corrected chi connectivity index (χ3v) is 4.98. The molecule has 2 rings (SSSR count). The van der Waals surface area contributed by atoms with Crippen molar-refractivity contribution in [2.75, 3.05) is 33.4 Å². The lowest BCUT2D eigenvalue weighted by Crippen LogP contribution is -2.46. The molecule has 0 saturated carbocycles. The normalized spacial score (nSPS) is 20.8. The van der Waals surface area contributed by atoms with E-state index in [1.807, 2.05) is 25.1 Å². The molecule has 1 heterocycles. The fourth-order valence-electron chi connectivity index (χ4n) is 3.37. The van der Waals surface area contributed by atoms with Crippen molar-refractivity contribution in [3.05, 3.63) is 23.8 Å². The van der Waals surface area contributed by atoms with E-state index < -0.39 is 0 Å². The molecule has 0 bridgehead atoms. The summed E-state index contributed by atoms with van der Waals surface area (Å²) in [6, 6.07) is 6.98. The monoisotopic (exact) mass is 376 g/mol. The summed E-state index contributed by atoms with van der Waals surface area (Å²) in [5.41, 5.74) is 1.10. The van der Waals surface area contributed by atoms with E-state index in [9.17, 15) is 0 Å². The minimum atomic E-state index is 0.417. The molecule has 2 N–H and O–H groups in total. The van der Waals surface area contributed by atoms with Crippen molar-refractivity contribution in [1.29, 1.82) is 0 Å². The highest BCUT2D eigenvalue weighted by molar-refractivity contribution is 5.80. The molecule has 1 aromatic carbocycles. The zero-order valence-corrected chi connectivity index (χ0v) is 17.7. The fourth-order valence-corrected chi connectivity index (χ4v) is 3.37. The van der Waals surface area contributed by atoms with Crippen LogP contribution in [-0.4, -0.2) is 56.3 Å². The zero-order chi connectivity index (χ0) is 19.8. The maximum atomic E-state index is 5.67. The first-order valence-corrected chi connectivity index (χ1v) is 10.1. The van der Waals surface area contributed by atoms with Crippen molar-refractivity contribution in [2.45, 2.75) is 53.2 Å². The molecular weight excluding hydrogens is 340 g/mol. The summed E-state index contributed by atoms with van der Waals surface area (Å²) < 4.78 is 11.0. The Balaban J connectivity index is 2.06. The molecule has 0 radical (unpaired) electrons. The lowest BCUT2D eigenvalue weighted by Gasteiger charge is -2.22. The van der Waals surface area contributed by atoms with E-state index in [1.54, 1.807) is 7.11 Å². The number of nitrogens with zero attached hydrogens (tertiary/aromatic N) is 2. The number of ether oxygens (including phenoxy) is 2. The molecule has 6 nitrogen and oxygen atoms in total. The standard InChI is InChI=1S/C21H36N4O2/c1-7-22-21(24-18-14-25(15(3)4)13-16(18)5)23-12-17-9-10-19(26-6)20(11-17)27-8-2/h9-11,15-16,18H,7-8,12-14H2,1-6H3,(H2,22,23,24). The molecule has 2 unspecified atom stereocenters. The molecule has 1 fully saturated rings. The minimum Gasteiger partial charge on any atom is -0.493 e. The van der Waals surface area contributed by atoms with Crippen LogP contribution in [0.1, 0.15) is 40.2 Å². The number of likely N-dealkylation sites (tertiary alicyclic amines) is 1. The number of nitrogens with one attached hydrogen (secondary N) is 2. The van der Waals surface area contributed by atoms with Crippen LogP contribution in [0, 0.1) is 5.92 Å². The van der Waals surface area contributed by atoms with Crippen LogP contribution >= 0.6 is 0 Å². The largest absolute Gasteiger partial charge is 0.493 e. The molecule has 1 aromatic rings. The molecule has 0 spiro atoms. The molecule has 6 heteroatoms. The van der Waals surface area contributed by atoms with Crippen molar-refractivity contribution < 1.29 is 9.47 Å². The molecule has 0 amide bonds. The van der Waals surface area contributed by atoms with Crippen LogP contribution in [0.5, 0.6) is 11.5 Å². The maximum Gasteiger partial charge on any atom is 0.191 e. The highest BCUT2D eigenvalue weighted by Gasteiger charge is 2.31. The molecule has 27 heavy (non-hydrogen) atoms. The Morgan fingerprint density at radius 2 is 2.04 bits per heavy atom. The van der Waals surface area contributed by atoms with Gasteiger partial charge in [-0.3, -0.25) is 4.90 Å². The van der Waals surface area contributed by atoms with E-state index in [2.05, 4.69) is 43.2 Å². The third-order valence-electron chi connectivity index (χ3n) is 4.98. The van der Waals surface area contributed by atoms with Gasteiger partial charge in [0.25, 0.3) is 0 Å². The molecule has 1 aliphatic heterocycles. The summed E-state index contributed by atoms with van der Waals surface area (Å²) in [5, 5.41) is 7.00. The lowest BCUT2D eigenvalue weighted by molar-refractivity contribution is 0.265. The van der Waals surface area contributed by atoms with Crippen LogP contribution in [0.15, 0.2) is 23.2 Å². The van der Waals surface area contributed by atoms with Crippen LogP contribution < -0.4 is 20.1 Å². The van der Waals surface area contributed by atoms with E-state index in [-0.39, 0.29) is 0 Å². The van der Waals surface area contributed by atoms with Gasteiger partial charge in [0, 0.05) is 31.7 Å². The van der Waals surface area contributed by atoms with E-state index in [0.717, 1.165) is 42.7 Å². The Kier molecular flexibility index (Phi) is 8.23. The van der Waals surface area contributed by atoms with Crippen molar-refractivity contribution >= 4 is 5.96 Å². The van der Waals surface area contributed by atoms with Gasteiger partial charge in [0.05, 0.1) is 20.3 Å². The fraction of sp³-hybridized carbons (Fsp3) is 0.667. The second-order valence-electron chi connectivity index (χ2n) is 7.39. The molecule has 152 valence electrons. The third kappa shape index (κ3) is 6.03. The summed E-state index contributed by atoms with van der Waals surface area (Å²) in [5.74, 6) is 2.99. The van der Waals surface area contributed by atoms with Crippen LogP contribution in [0.4, 0.5) is 0 Å². The zero-order valence-electron chi connectivity index (χ0n) is 17.7. The Hall–Kier alpha value is -1.95. The number of methoxy groups -OCH3 is 1. The molecule has 1 aliphatic rings. The van der Waals surface area contributed by atoms with E-state index in [0.29, 0.717) is 31.2 Å². The van der Waals surface area contributed by atoms with Crippen molar-refractivity contribution in [2.24, 2.45) is 10.9 Å². The van der Waals surface area contributed by atoms with Gasteiger partial charge in [-0.05, 0) is 51.3 Å². The summed E-state index contributed by atoms with van der Waals surface area (Å²) in [6.07, 6.45) is 0. The Morgan fingerprint density at radius 3 is 2.63 bits per heavy atom. The lowest BCUT2D eigenvalue weighted by atomic mass is 10.1. The Morgan fingerprint density at radius 1 is 1.26 bits per heavy atom. The van der Waals surface area contributed by atoms with Crippen LogP contribution in [-0.2, 0) is 6.54 Å². The van der Waals surface area contributed by atoms with Crippen molar-refractivity contribution in [1.82, 2.24) is 15.5 Å². The van der Waals surface area contributed by atoms with Crippen molar-refractivity contribution in [3.63, 3.8) is 0 Å². The molecule has 0 aromatic heterocycles. The topological polar surface area (TPSA) is 58.1 Å². The van der Waals surface area contributed by atoms with Gasteiger partial charge in [-0.2, -0.15) is 0 Å². The number of benzene rings is 1. The summed E-state index contributed by atoms with van der Waals surface area (Å²) >= 11 is 0. The molecule has 0 aliphatic carbocycles. The van der Waals surface area contributed by atoms with E-state index in [1.165, 1.54) is 0 Å². The Bertz CT molecular complexity index is 618. The molecular formula is C21H36N4O2. The summed E-state index contributed by atoms with van der Waals surface area (Å²) in [6.45, 7) is 15.1. The summed E-state index contributed by atoms with van der Waals surface area (Å²) in [4.78, 5) is 7.31. The first kappa shape index (κ1) is 21.4. The van der Waals surface area contributed by atoms with Crippen LogP contribution in [0.2, 0.25) is 0 Å². The number of hydrogen-bond acceptors (Lipinski definition) is 4. The average Bonchev–Trinajstić information content (AvgIpc) is 3.01. The number of guanidine groups is 1. The quantitative estimate of drug-likeness (QED) is 0.540. The number of aliphatic imine (C=N–C) groups is 1. The van der Waals surface area contributed by atoms with Gasteiger partial charge < -0.3 is 20.1 Å². The van der Waals surface area contributed by atoms with Gasteiger partial charge in [-0.1, -0.05) is 13.0 Å². The van der Waals surface area contributed by atoms with Gasteiger partial charge in [-0.15, -0.1) is 0 Å². The van der Waals surface area contributed by atoms with Gasteiger partial charge in [0.15, 0.2) is 17.5 Å². The second kappa shape index (κ2) is 10.4. The minimum absolute atomic E-state index is 0.417. The highest BCUT2D eigenvalue weighted by atomic mass is 16.5. The van der Waals surface area contributed by atoms with Gasteiger partial charge in [0.1, 0.15) is 0 Å². The number of rotatable bonds is 8. The van der Waals surface area contributed by atoms with Crippen molar-refractivity contribution in [3.8, 4) is 11.5 Å². The van der Waals surface area contributed by atoms with Gasteiger partial charge in [-0.25, -0.2) is 4.99 Å². The van der Waals surface area contributed by atoms with E-state index >= 15 is 0 Å². The molecule has 1 saturated heterocycles. The first-order chi connectivity index (χ1) is 13.0. The smallest absolute Gasteiger partial charge is 0.191 e. The van der Waals surface area contributed by atoms with Crippen LogP contribution in [0.25, 0.3) is 0 Å². The predicted octanol–water partition coefficient (Wildman–Crippen LogP) is 2.88. The maximum absolute atomic E-state index is 5.67. The Labute approximate surface area is 164 Å². The predicted molar refractivity (Wildman–Crippen MR) is 112 cm³/mol. The molecule has 2 atom stereocenters. The number of hydrogen-bond donors (Lipinski definition) is 2. The average molecular weight is 377 g/mol. The second-order valence-corrected chi connectivity index (χ2v) is 7.39. The summed E-state index contributed by atoms with van der Waals surface area (Å²) in [7, 11) is 1.66. The van der Waals surface area contributed by atoms with Gasteiger partial charge in [0.2, 0.25) is 0 Å². The highest BCUT2D eigenvalue weighted by Crippen LogP contribution is 2.28. The first-order valence-electron chi connectivity index (χ1n) is 10.1. The van der Waals surface area contributed by atoms with E-state index in [4.69, 9.17) is 14.5 Å². The van der Waals surface area contributed by atoms with Crippen LogP contribution in [0.3, 0.4) is 0 Å². The SMILES string of the molecule is CCNC(=NCc1ccc(OC)c(OCC)c1)NC1CN(C(C)C)CC1C. The van der Waals surface area contributed by atoms with Gasteiger partial charge >= 0.3 is 0 Å².